The van der Waals surface area contributed by atoms with Gasteiger partial charge in [0.05, 0.1) is 17.9 Å². The van der Waals surface area contributed by atoms with Crippen LogP contribution in [-0.4, -0.2) is 50.6 Å². The minimum Gasteiger partial charge on any atom is -0.376 e. The lowest BCUT2D eigenvalue weighted by Crippen LogP contribution is -2.33. The van der Waals surface area contributed by atoms with Crippen LogP contribution in [0.1, 0.15) is 25.3 Å². The molecule has 1 aromatic heterocycles. The second-order valence-electron chi connectivity index (χ2n) is 8.00. The van der Waals surface area contributed by atoms with E-state index < -0.39 is 0 Å². The lowest BCUT2D eigenvalue weighted by Gasteiger charge is -2.21. The van der Waals surface area contributed by atoms with E-state index in [0.29, 0.717) is 24.1 Å². The van der Waals surface area contributed by atoms with Crippen LogP contribution < -0.4 is 0 Å². The molecule has 4 rings (SSSR count). The van der Waals surface area contributed by atoms with Gasteiger partial charge in [0.15, 0.2) is 11.0 Å². The molecule has 1 fully saturated rings. The Bertz CT molecular complexity index is 1040. The van der Waals surface area contributed by atoms with E-state index in [0.717, 1.165) is 30.6 Å². The summed E-state index contributed by atoms with van der Waals surface area (Å²) in [6.07, 6.45) is 2.08. The zero-order valence-electron chi connectivity index (χ0n) is 18.3. The van der Waals surface area contributed by atoms with Gasteiger partial charge >= 0.3 is 0 Å². The summed E-state index contributed by atoms with van der Waals surface area (Å²) in [6, 6.07) is 16.1. The van der Waals surface area contributed by atoms with E-state index in [1.54, 1.807) is 17.0 Å². The quantitative estimate of drug-likeness (QED) is 0.472. The summed E-state index contributed by atoms with van der Waals surface area (Å²) >= 11 is 1.39. The summed E-state index contributed by atoms with van der Waals surface area (Å²) in [5.41, 5.74) is 1.87. The van der Waals surface area contributed by atoms with E-state index in [1.165, 1.54) is 23.9 Å². The average Bonchev–Trinajstić information content (AvgIpc) is 3.45. The number of carbonyl (C=O) groups excluding carboxylic acids is 1. The van der Waals surface area contributed by atoms with E-state index in [2.05, 4.69) is 10.2 Å². The number of ether oxygens (including phenoxy) is 1. The Morgan fingerprint density at radius 2 is 1.97 bits per heavy atom. The number of amides is 1. The summed E-state index contributed by atoms with van der Waals surface area (Å²) in [7, 11) is 1.81. The van der Waals surface area contributed by atoms with Crippen molar-refractivity contribution in [3.05, 3.63) is 66.0 Å². The van der Waals surface area contributed by atoms with Gasteiger partial charge in [-0.3, -0.25) is 9.36 Å². The molecule has 0 radical (unpaired) electrons. The summed E-state index contributed by atoms with van der Waals surface area (Å²) in [4.78, 5) is 14.7. The molecular formula is C24H27FN4O2S. The molecule has 1 aliphatic heterocycles. The third kappa shape index (κ3) is 5.37. The van der Waals surface area contributed by atoms with Crippen LogP contribution in [0, 0.1) is 5.82 Å². The second kappa shape index (κ2) is 10.3. The molecule has 8 heteroatoms. The topological polar surface area (TPSA) is 60.2 Å². The Labute approximate surface area is 191 Å². The second-order valence-corrected chi connectivity index (χ2v) is 9.31. The Kier molecular flexibility index (Phi) is 7.22. The van der Waals surface area contributed by atoms with Crippen molar-refractivity contribution in [3.8, 4) is 11.4 Å². The number of aromatic nitrogens is 3. The molecule has 0 spiro atoms. The molecular weight excluding hydrogens is 427 g/mol. The Hall–Kier alpha value is -2.71. The van der Waals surface area contributed by atoms with Crippen LogP contribution >= 0.6 is 11.8 Å². The molecule has 0 aliphatic carbocycles. The average molecular weight is 455 g/mol. The maximum atomic E-state index is 13.4. The molecule has 0 saturated carbocycles. The van der Waals surface area contributed by atoms with E-state index in [4.69, 9.17) is 4.74 Å². The van der Waals surface area contributed by atoms with Crippen LogP contribution in [0.3, 0.4) is 0 Å². The summed E-state index contributed by atoms with van der Waals surface area (Å²) < 4.78 is 21.2. The third-order valence-corrected chi connectivity index (χ3v) is 6.57. The molecule has 32 heavy (non-hydrogen) atoms. The van der Waals surface area contributed by atoms with Crippen LogP contribution in [0.5, 0.6) is 0 Å². The van der Waals surface area contributed by atoms with Gasteiger partial charge in [0.2, 0.25) is 5.91 Å². The molecule has 2 aromatic carbocycles. The zero-order chi connectivity index (χ0) is 22.5. The van der Waals surface area contributed by atoms with Crippen molar-refractivity contribution in [1.82, 2.24) is 19.7 Å². The van der Waals surface area contributed by atoms with Gasteiger partial charge in [-0.1, -0.05) is 42.1 Å². The van der Waals surface area contributed by atoms with Gasteiger partial charge in [-0.15, -0.1) is 10.2 Å². The highest BCUT2D eigenvalue weighted by Gasteiger charge is 2.26. The summed E-state index contributed by atoms with van der Waals surface area (Å²) in [5, 5.41) is 9.08. The fraction of sp³-hybridized carbons (Fsp3) is 0.375. The van der Waals surface area contributed by atoms with Gasteiger partial charge in [0.25, 0.3) is 0 Å². The van der Waals surface area contributed by atoms with Crippen molar-refractivity contribution in [1.29, 1.82) is 0 Å². The van der Waals surface area contributed by atoms with Crippen LogP contribution in [0.15, 0.2) is 59.8 Å². The highest BCUT2D eigenvalue weighted by Crippen LogP contribution is 2.29. The number of benzene rings is 2. The molecule has 2 unspecified atom stereocenters. The van der Waals surface area contributed by atoms with E-state index >= 15 is 0 Å². The van der Waals surface area contributed by atoms with E-state index in [-0.39, 0.29) is 23.1 Å². The number of rotatable bonds is 8. The third-order valence-electron chi connectivity index (χ3n) is 5.50. The van der Waals surface area contributed by atoms with Crippen molar-refractivity contribution >= 4 is 17.7 Å². The first-order valence-corrected chi connectivity index (χ1v) is 11.7. The molecule has 1 saturated heterocycles. The van der Waals surface area contributed by atoms with Gasteiger partial charge < -0.3 is 9.64 Å². The summed E-state index contributed by atoms with van der Waals surface area (Å²) in [5.74, 6) is 0.378. The maximum absolute atomic E-state index is 13.4. The number of nitrogens with zero attached hydrogens (tertiary/aromatic N) is 4. The standard InChI is InChI=1S/C24H27FN4O2S/c1-17(23(30)28(2)15-18-7-4-3-5-8-18)32-24-27-26-22(19-10-12-20(25)13-11-19)29(24)16-21-9-6-14-31-21/h3-5,7-8,10-13,17,21H,6,9,14-16H2,1-2H3. The summed E-state index contributed by atoms with van der Waals surface area (Å²) in [6.45, 7) is 3.79. The van der Waals surface area contributed by atoms with Crippen LogP contribution in [0.2, 0.25) is 0 Å². The van der Waals surface area contributed by atoms with Gasteiger partial charge in [-0.2, -0.15) is 0 Å². The SMILES string of the molecule is CC(Sc1nnc(-c2ccc(F)cc2)n1CC1CCCO1)C(=O)N(C)Cc1ccccc1. The minimum atomic E-state index is -0.336. The largest absolute Gasteiger partial charge is 0.376 e. The van der Waals surface area contributed by atoms with Crippen molar-refractivity contribution in [2.75, 3.05) is 13.7 Å². The number of halogens is 1. The van der Waals surface area contributed by atoms with Crippen LogP contribution in [0.25, 0.3) is 11.4 Å². The van der Waals surface area contributed by atoms with Gasteiger partial charge in [0, 0.05) is 25.8 Å². The van der Waals surface area contributed by atoms with Gasteiger partial charge in [0.1, 0.15) is 5.82 Å². The number of thioether (sulfide) groups is 1. The fourth-order valence-corrected chi connectivity index (χ4v) is 4.77. The van der Waals surface area contributed by atoms with E-state index in [1.807, 2.05) is 48.9 Å². The van der Waals surface area contributed by atoms with Crippen molar-refractivity contribution < 1.29 is 13.9 Å². The molecule has 3 aromatic rings. The first kappa shape index (κ1) is 22.5. The fourth-order valence-electron chi connectivity index (χ4n) is 3.80. The van der Waals surface area contributed by atoms with Gasteiger partial charge in [-0.25, -0.2) is 4.39 Å². The van der Waals surface area contributed by atoms with Gasteiger partial charge in [-0.05, 0) is 49.6 Å². The smallest absolute Gasteiger partial charge is 0.235 e. The highest BCUT2D eigenvalue weighted by atomic mass is 32.2. The Morgan fingerprint density at radius 3 is 2.66 bits per heavy atom. The first-order valence-electron chi connectivity index (χ1n) is 10.8. The molecule has 0 N–H and O–H groups in total. The highest BCUT2D eigenvalue weighted by molar-refractivity contribution is 8.00. The molecule has 1 aliphatic rings. The number of carbonyl (C=O) groups is 1. The Balaban J connectivity index is 1.52. The molecule has 6 nitrogen and oxygen atoms in total. The molecule has 2 heterocycles. The minimum absolute atomic E-state index is 0.0221. The lowest BCUT2D eigenvalue weighted by molar-refractivity contribution is -0.129. The normalized spacial score (nSPS) is 16.8. The Morgan fingerprint density at radius 1 is 1.22 bits per heavy atom. The molecule has 2 atom stereocenters. The van der Waals surface area contributed by atoms with Crippen molar-refractivity contribution in [3.63, 3.8) is 0 Å². The van der Waals surface area contributed by atoms with Crippen LogP contribution in [-0.2, 0) is 22.6 Å². The van der Waals surface area contributed by atoms with Crippen molar-refractivity contribution in [2.45, 2.75) is 49.4 Å². The monoisotopic (exact) mass is 454 g/mol. The number of hydrogen-bond donors (Lipinski definition) is 0. The predicted octanol–water partition coefficient (Wildman–Crippen LogP) is 4.40. The maximum Gasteiger partial charge on any atom is 0.235 e. The number of hydrogen-bond acceptors (Lipinski definition) is 5. The molecule has 1 amide bonds. The molecule has 168 valence electrons. The van der Waals surface area contributed by atoms with Crippen molar-refractivity contribution in [2.24, 2.45) is 0 Å². The first-order chi connectivity index (χ1) is 15.5. The lowest BCUT2D eigenvalue weighted by atomic mass is 10.2. The zero-order valence-corrected chi connectivity index (χ0v) is 19.1. The molecule has 0 bridgehead atoms. The van der Waals surface area contributed by atoms with E-state index in [9.17, 15) is 9.18 Å². The predicted molar refractivity (Wildman–Crippen MR) is 123 cm³/mol. The van der Waals surface area contributed by atoms with Crippen LogP contribution in [0.4, 0.5) is 4.39 Å².